The Hall–Kier alpha value is -4.44. The van der Waals surface area contributed by atoms with Gasteiger partial charge in [-0.15, -0.1) is 0 Å². The summed E-state index contributed by atoms with van der Waals surface area (Å²) < 4.78 is 9.48. The molecule has 0 saturated heterocycles. The van der Waals surface area contributed by atoms with Gasteiger partial charge in [0.1, 0.15) is 11.1 Å². The summed E-state index contributed by atoms with van der Waals surface area (Å²) in [5.41, 5.74) is 5.78. The molecule has 228 valence electrons. The molecule has 4 aromatic rings. The third-order valence-electron chi connectivity index (χ3n) is 9.05. The number of carbonyl (C=O) groups is 1. The fourth-order valence-electron chi connectivity index (χ4n) is 6.85. The Morgan fingerprint density at radius 2 is 1.98 bits per heavy atom. The number of ether oxygens (including phenoxy) is 1. The Kier molecular flexibility index (Phi) is 7.24. The van der Waals surface area contributed by atoms with Crippen LogP contribution in [0.3, 0.4) is 0 Å². The minimum absolute atomic E-state index is 0.0246. The number of amides is 1. The van der Waals surface area contributed by atoms with Gasteiger partial charge in [-0.1, -0.05) is 25.1 Å². The number of nitrogens with one attached hydrogen (secondary N) is 1. The fourth-order valence-corrected chi connectivity index (χ4v) is 6.85. The van der Waals surface area contributed by atoms with E-state index in [1.165, 1.54) is 24.0 Å². The summed E-state index contributed by atoms with van der Waals surface area (Å²) in [6.07, 6.45) is 10.1. The summed E-state index contributed by atoms with van der Waals surface area (Å²) in [6, 6.07) is 12.3. The largest absolute Gasteiger partial charge is 0.492 e. The number of rotatable bonds is 5. The molecule has 1 spiro atoms. The summed E-state index contributed by atoms with van der Waals surface area (Å²) in [5, 5.41) is 3.83. The highest BCUT2D eigenvalue weighted by Crippen LogP contribution is 2.52. The van der Waals surface area contributed by atoms with Crippen molar-refractivity contribution in [2.24, 2.45) is 0 Å². The van der Waals surface area contributed by atoms with E-state index in [1.54, 1.807) is 15.8 Å². The van der Waals surface area contributed by atoms with Crippen LogP contribution < -0.4 is 20.5 Å². The molecule has 1 saturated carbocycles. The van der Waals surface area contributed by atoms with Crippen LogP contribution in [0.15, 0.2) is 59.5 Å². The molecule has 2 aromatic heterocycles. The summed E-state index contributed by atoms with van der Waals surface area (Å²) in [6.45, 7) is 7.28. The SMILES string of the molecule is CCOc1ccc2cc1N(C(=O)CC)CCC/C=C\Cn1c(=O)c3cnc(Nc4ccc5c(c4)CN(C)CC54CC4)nc3n1-2. The average Bonchev–Trinajstić information content (AvgIpc) is 3.72. The van der Waals surface area contributed by atoms with Crippen LogP contribution in [0.25, 0.3) is 16.7 Å². The Morgan fingerprint density at radius 1 is 1.11 bits per heavy atom. The predicted octanol–water partition coefficient (Wildman–Crippen LogP) is 5.29. The Balaban J connectivity index is 1.33. The van der Waals surface area contributed by atoms with Crippen molar-refractivity contribution in [3.8, 4) is 11.4 Å². The quantitative estimate of drug-likeness (QED) is 0.314. The molecule has 2 aromatic carbocycles. The number of allylic oxidation sites excluding steroid dienone is 2. The highest BCUT2D eigenvalue weighted by atomic mass is 16.5. The van der Waals surface area contributed by atoms with E-state index in [1.807, 2.05) is 42.8 Å². The van der Waals surface area contributed by atoms with Gasteiger partial charge in [-0.2, -0.15) is 4.98 Å². The van der Waals surface area contributed by atoms with Gasteiger partial charge in [0.25, 0.3) is 5.56 Å². The third-order valence-corrected chi connectivity index (χ3v) is 9.05. The van der Waals surface area contributed by atoms with E-state index in [4.69, 9.17) is 9.72 Å². The van der Waals surface area contributed by atoms with E-state index in [2.05, 4.69) is 46.5 Å². The normalized spacial score (nSPS) is 18.2. The smallest absolute Gasteiger partial charge is 0.278 e. The summed E-state index contributed by atoms with van der Waals surface area (Å²) >= 11 is 0. The zero-order valence-corrected chi connectivity index (χ0v) is 25.7. The number of fused-ring (bicyclic) bond motifs is 8. The molecule has 1 aliphatic carbocycles. The van der Waals surface area contributed by atoms with Crippen molar-refractivity contribution in [3.05, 3.63) is 76.2 Å². The number of anilines is 3. The van der Waals surface area contributed by atoms with Crippen molar-refractivity contribution >= 4 is 34.3 Å². The molecular weight excluding hydrogens is 554 g/mol. The van der Waals surface area contributed by atoms with Crippen molar-refractivity contribution in [3.63, 3.8) is 0 Å². The second-order valence-electron chi connectivity index (χ2n) is 12.2. The van der Waals surface area contributed by atoms with Crippen LogP contribution >= 0.6 is 0 Å². The molecule has 10 heteroatoms. The van der Waals surface area contributed by atoms with Crippen LogP contribution in [-0.2, 0) is 23.3 Å². The molecule has 4 heterocycles. The van der Waals surface area contributed by atoms with Gasteiger partial charge in [0.05, 0.1) is 24.5 Å². The van der Waals surface area contributed by atoms with Gasteiger partial charge in [0.15, 0.2) is 5.65 Å². The minimum Gasteiger partial charge on any atom is -0.492 e. The van der Waals surface area contributed by atoms with Gasteiger partial charge < -0.3 is 19.9 Å². The number of benzene rings is 2. The molecule has 2 aliphatic heterocycles. The second-order valence-corrected chi connectivity index (χ2v) is 12.2. The monoisotopic (exact) mass is 593 g/mol. The molecule has 1 N–H and O–H groups in total. The molecular formula is C34H39N7O3. The van der Waals surface area contributed by atoms with Crippen LogP contribution in [0, 0.1) is 0 Å². The van der Waals surface area contributed by atoms with Gasteiger partial charge in [0.2, 0.25) is 11.9 Å². The van der Waals surface area contributed by atoms with Gasteiger partial charge in [-0.25, -0.2) is 14.3 Å². The average molecular weight is 594 g/mol. The first-order valence-electron chi connectivity index (χ1n) is 15.7. The van der Waals surface area contributed by atoms with Crippen molar-refractivity contribution in [2.45, 2.75) is 64.5 Å². The van der Waals surface area contributed by atoms with Crippen molar-refractivity contribution in [1.82, 2.24) is 24.2 Å². The standard InChI is InChI=1S/C34H39N7O3/c1-4-30(42)39-16-8-6-7-9-17-40-32(43)26-20-35-33(37-31(26)41(40)25-11-13-29(44-5-2)28(39)19-25)36-24-10-12-27-23(18-24)21-38(3)22-34(27)14-15-34/h7,9-13,18-20H,4-6,8,14-17,21-22H2,1-3H3,(H,35,36,37)/b9-7-. The van der Waals surface area contributed by atoms with Gasteiger partial charge in [0, 0.05) is 43.4 Å². The zero-order valence-electron chi connectivity index (χ0n) is 25.7. The van der Waals surface area contributed by atoms with Crippen molar-refractivity contribution in [2.75, 3.05) is 37.0 Å². The predicted molar refractivity (Wildman–Crippen MR) is 172 cm³/mol. The molecule has 10 nitrogen and oxygen atoms in total. The van der Waals surface area contributed by atoms with E-state index in [-0.39, 0.29) is 11.5 Å². The number of likely N-dealkylation sites (N-methyl/N-ethyl adjacent to an activating group) is 1. The minimum atomic E-state index is -0.170. The summed E-state index contributed by atoms with van der Waals surface area (Å²) in [5.74, 6) is 1.08. The van der Waals surface area contributed by atoms with Crippen molar-refractivity contribution < 1.29 is 9.53 Å². The molecule has 0 radical (unpaired) electrons. The van der Waals surface area contributed by atoms with Gasteiger partial charge in [-0.05, 0) is 81.1 Å². The van der Waals surface area contributed by atoms with E-state index in [9.17, 15) is 9.59 Å². The first-order chi connectivity index (χ1) is 21.4. The van der Waals surface area contributed by atoms with E-state index in [0.29, 0.717) is 60.0 Å². The Labute approximate surface area is 256 Å². The van der Waals surface area contributed by atoms with Crippen LogP contribution in [0.2, 0.25) is 0 Å². The zero-order chi connectivity index (χ0) is 30.4. The lowest BCUT2D eigenvalue weighted by Gasteiger charge is -2.32. The Bertz CT molecular complexity index is 1830. The molecule has 7 rings (SSSR count). The van der Waals surface area contributed by atoms with Gasteiger partial charge >= 0.3 is 0 Å². The maximum Gasteiger partial charge on any atom is 0.278 e. The lowest BCUT2D eigenvalue weighted by Crippen LogP contribution is -2.35. The van der Waals surface area contributed by atoms with E-state index < -0.39 is 0 Å². The highest BCUT2D eigenvalue weighted by Gasteiger charge is 2.48. The number of hydrogen-bond donors (Lipinski definition) is 1. The van der Waals surface area contributed by atoms with E-state index >= 15 is 0 Å². The van der Waals surface area contributed by atoms with Gasteiger partial charge in [-0.3, -0.25) is 9.59 Å². The molecule has 0 unspecified atom stereocenters. The number of aromatic nitrogens is 4. The van der Waals surface area contributed by atoms with Crippen LogP contribution in [0.1, 0.15) is 57.1 Å². The second kappa shape index (κ2) is 11.2. The molecule has 0 atom stereocenters. The summed E-state index contributed by atoms with van der Waals surface area (Å²) in [4.78, 5) is 40.5. The number of nitrogens with zero attached hydrogens (tertiary/aromatic N) is 6. The number of hydrogen-bond acceptors (Lipinski definition) is 7. The first-order valence-corrected chi connectivity index (χ1v) is 15.7. The van der Waals surface area contributed by atoms with Crippen LogP contribution in [-0.4, -0.2) is 56.9 Å². The first kappa shape index (κ1) is 28.3. The highest BCUT2D eigenvalue weighted by molar-refractivity contribution is 5.95. The lowest BCUT2D eigenvalue weighted by atomic mass is 9.87. The molecule has 3 aliphatic rings. The molecule has 44 heavy (non-hydrogen) atoms. The molecule has 1 amide bonds. The lowest BCUT2D eigenvalue weighted by molar-refractivity contribution is -0.118. The third kappa shape index (κ3) is 4.96. The Morgan fingerprint density at radius 3 is 2.77 bits per heavy atom. The topological polar surface area (TPSA) is 97.5 Å². The fraction of sp³-hybridized carbons (Fsp3) is 0.412. The maximum atomic E-state index is 13.7. The maximum absolute atomic E-state index is 13.7. The van der Waals surface area contributed by atoms with Crippen molar-refractivity contribution in [1.29, 1.82) is 0 Å². The molecule has 2 bridgehead atoms. The van der Waals surface area contributed by atoms with Crippen LogP contribution in [0.4, 0.5) is 17.3 Å². The van der Waals surface area contributed by atoms with E-state index in [0.717, 1.165) is 37.3 Å². The summed E-state index contributed by atoms with van der Waals surface area (Å²) in [7, 11) is 2.19. The molecule has 1 fully saturated rings. The number of carbonyl (C=O) groups excluding carboxylic acids is 1. The van der Waals surface area contributed by atoms with Crippen LogP contribution in [0.5, 0.6) is 5.75 Å².